The number of morpholine rings is 1. The van der Waals surface area contributed by atoms with E-state index in [0.29, 0.717) is 61.1 Å². The van der Waals surface area contributed by atoms with Crippen molar-refractivity contribution in [2.75, 3.05) is 41.8 Å². The molecule has 0 radical (unpaired) electrons. The number of rotatable bonds is 6. The van der Waals surface area contributed by atoms with Crippen LogP contribution in [0.5, 0.6) is 0 Å². The van der Waals surface area contributed by atoms with Gasteiger partial charge in [0, 0.05) is 41.5 Å². The van der Waals surface area contributed by atoms with Crippen molar-refractivity contribution in [3.8, 4) is 11.4 Å². The van der Waals surface area contributed by atoms with Gasteiger partial charge >= 0.3 is 0 Å². The lowest BCUT2D eigenvalue weighted by Crippen LogP contribution is -2.37. The van der Waals surface area contributed by atoms with Gasteiger partial charge in [0.2, 0.25) is 11.9 Å². The van der Waals surface area contributed by atoms with Gasteiger partial charge in [-0.15, -0.1) is 0 Å². The fraction of sp³-hybridized carbons (Fsp3) is 0.154. The van der Waals surface area contributed by atoms with Gasteiger partial charge in [-0.2, -0.15) is 20.1 Å². The highest BCUT2D eigenvalue weighted by Gasteiger charge is 2.19. The van der Waals surface area contributed by atoms with Crippen molar-refractivity contribution in [1.82, 2.24) is 30.1 Å². The van der Waals surface area contributed by atoms with E-state index in [-0.39, 0.29) is 5.91 Å². The minimum atomic E-state index is -0.265. The quantitative estimate of drug-likeness (QED) is 0.324. The maximum Gasteiger partial charge on any atom is 0.256 e. The first kappa shape index (κ1) is 22.6. The van der Waals surface area contributed by atoms with Gasteiger partial charge < -0.3 is 20.3 Å². The van der Waals surface area contributed by atoms with Crippen LogP contribution in [0.25, 0.3) is 22.3 Å². The fourth-order valence-corrected chi connectivity index (χ4v) is 4.10. The molecule has 184 valence electrons. The summed E-state index contributed by atoms with van der Waals surface area (Å²) in [5.41, 5.74) is 2.88. The summed E-state index contributed by atoms with van der Waals surface area (Å²) in [6.45, 7) is 2.58. The van der Waals surface area contributed by atoms with Gasteiger partial charge in [0.25, 0.3) is 5.91 Å². The molecule has 37 heavy (non-hydrogen) atoms. The fourth-order valence-electron chi connectivity index (χ4n) is 4.10. The van der Waals surface area contributed by atoms with E-state index >= 15 is 0 Å². The van der Waals surface area contributed by atoms with Gasteiger partial charge in [0.05, 0.1) is 24.9 Å². The average Bonchev–Trinajstić information content (AvgIpc) is 3.43. The molecule has 5 aromatic rings. The highest BCUT2D eigenvalue weighted by atomic mass is 16.5. The lowest BCUT2D eigenvalue weighted by atomic mass is 10.1. The maximum absolute atomic E-state index is 12.8. The van der Waals surface area contributed by atoms with Crippen molar-refractivity contribution >= 4 is 40.2 Å². The standard InChI is InChI=1S/C26H23N9O2/c36-24(30-22-9-1-2-10-27-22)17-5-3-6-18(15-17)29-25-31-23(19-7-4-8-21-20(19)16-28-34-21)32-26(33-25)35-11-13-37-14-12-35/h1-10,15-16H,11-14H2,(H,28,34)(H,27,30,36)(H,29,31,32,33). The van der Waals surface area contributed by atoms with E-state index in [0.717, 1.165) is 16.5 Å². The minimum absolute atomic E-state index is 0.265. The van der Waals surface area contributed by atoms with Crippen molar-refractivity contribution < 1.29 is 9.53 Å². The molecular weight excluding hydrogens is 470 g/mol. The Morgan fingerprint density at radius 2 is 1.86 bits per heavy atom. The maximum atomic E-state index is 12.8. The number of fused-ring (bicyclic) bond motifs is 1. The van der Waals surface area contributed by atoms with Crippen molar-refractivity contribution in [1.29, 1.82) is 0 Å². The average molecular weight is 494 g/mol. The van der Waals surface area contributed by atoms with Crippen LogP contribution in [0.2, 0.25) is 0 Å². The molecule has 0 bridgehead atoms. The number of hydrogen-bond donors (Lipinski definition) is 3. The SMILES string of the molecule is O=C(Nc1ccccn1)c1cccc(Nc2nc(-c3cccc4[nH]ncc34)nc(N3CCOCC3)n2)c1. The van der Waals surface area contributed by atoms with Crippen LogP contribution in [0.15, 0.2) is 73.1 Å². The number of benzene rings is 2. The number of aromatic nitrogens is 6. The molecule has 1 amide bonds. The number of carbonyl (C=O) groups is 1. The summed E-state index contributed by atoms with van der Waals surface area (Å²) in [5.74, 6) is 1.67. The predicted octanol–water partition coefficient (Wildman–Crippen LogP) is 3.64. The summed E-state index contributed by atoms with van der Waals surface area (Å²) >= 11 is 0. The second-order valence-electron chi connectivity index (χ2n) is 8.39. The molecule has 4 heterocycles. The molecule has 11 nitrogen and oxygen atoms in total. The molecule has 3 aromatic heterocycles. The molecule has 11 heteroatoms. The number of carbonyl (C=O) groups excluding carboxylic acids is 1. The topological polar surface area (TPSA) is 134 Å². The summed E-state index contributed by atoms with van der Waals surface area (Å²) in [6.07, 6.45) is 3.39. The second-order valence-corrected chi connectivity index (χ2v) is 8.39. The Labute approximate surface area is 212 Å². The zero-order valence-corrected chi connectivity index (χ0v) is 19.8. The molecule has 1 aliphatic heterocycles. The largest absolute Gasteiger partial charge is 0.378 e. The number of anilines is 4. The predicted molar refractivity (Wildman–Crippen MR) is 140 cm³/mol. The summed E-state index contributed by atoms with van der Waals surface area (Å²) in [4.78, 5) is 33.2. The van der Waals surface area contributed by atoms with Crippen LogP contribution < -0.4 is 15.5 Å². The van der Waals surface area contributed by atoms with E-state index in [1.807, 2.05) is 30.3 Å². The first-order valence-corrected chi connectivity index (χ1v) is 11.8. The van der Waals surface area contributed by atoms with Crippen LogP contribution in [0.4, 0.5) is 23.4 Å². The summed E-state index contributed by atoms with van der Waals surface area (Å²) < 4.78 is 5.50. The molecule has 1 aliphatic rings. The van der Waals surface area contributed by atoms with Gasteiger partial charge in [0.15, 0.2) is 5.82 Å². The Bertz CT molecular complexity index is 1550. The van der Waals surface area contributed by atoms with E-state index in [4.69, 9.17) is 19.7 Å². The number of pyridine rings is 1. The molecule has 3 N–H and O–H groups in total. The van der Waals surface area contributed by atoms with E-state index < -0.39 is 0 Å². The third kappa shape index (κ3) is 4.93. The number of amides is 1. The Hall–Kier alpha value is -4.90. The van der Waals surface area contributed by atoms with Crippen LogP contribution >= 0.6 is 0 Å². The Morgan fingerprint density at radius 1 is 0.973 bits per heavy atom. The monoisotopic (exact) mass is 493 g/mol. The van der Waals surface area contributed by atoms with Crippen LogP contribution in [0, 0.1) is 0 Å². The molecule has 0 unspecified atom stereocenters. The lowest BCUT2D eigenvalue weighted by molar-refractivity contribution is 0.102. The number of nitrogens with zero attached hydrogens (tertiary/aromatic N) is 6. The smallest absolute Gasteiger partial charge is 0.256 e. The van der Waals surface area contributed by atoms with E-state index in [9.17, 15) is 4.79 Å². The highest BCUT2D eigenvalue weighted by molar-refractivity contribution is 6.04. The second kappa shape index (κ2) is 9.99. The van der Waals surface area contributed by atoms with Crippen molar-refractivity contribution in [2.24, 2.45) is 0 Å². The van der Waals surface area contributed by atoms with Crippen LogP contribution in [0.1, 0.15) is 10.4 Å². The zero-order chi connectivity index (χ0) is 25.0. The van der Waals surface area contributed by atoms with Crippen LogP contribution in [0.3, 0.4) is 0 Å². The molecule has 1 fully saturated rings. The van der Waals surface area contributed by atoms with Gasteiger partial charge in [-0.3, -0.25) is 9.89 Å². The Balaban J connectivity index is 1.33. The number of nitrogens with one attached hydrogen (secondary N) is 3. The van der Waals surface area contributed by atoms with Gasteiger partial charge in [0.1, 0.15) is 5.82 Å². The Morgan fingerprint density at radius 3 is 2.73 bits per heavy atom. The van der Waals surface area contributed by atoms with E-state index in [2.05, 4.69) is 30.7 Å². The molecular formula is C26H23N9O2. The van der Waals surface area contributed by atoms with Crippen LogP contribution in [-0.2, 0) is 4.74 Å². The number of H-pyrrole nitrogens is 1. The first-order chi connectivity index (χ1) is 18.2. The van der Waals surface area contributed by atoms with Crippen molar-refractivity contribution in [3.05, 3.63) is 78.6 Å². The van der Waals surface area contributed by atoms with E-state index in [1.54, 1.807) is 42.7 Å². The normalized spacial score (nSPS) is 13.5. The molecule has 0 saturated carbocycles. The summed E-state index contributed by atoms with van der Waals surface area (Å²) in [6, 6.07) is 18.3. The van der Waals surface area contributed by atoms with E-state index in [1.165, 1.54) is 0 Å². The van der Waals surface area contributed by atoms with Crippen molar-refractivity contribution in [2.45, 2.75) is 0 Å². The number of ether oxygens (including phenoxy) is 1. The number of hydrogen-bond acceptors (Lipinski definition) is 9. The Kier molecular flexibility index (Phi) is 6.09. The molecule has 0 aliphatic carbocycles. The van der Waals surface area contributed by atoms with Crippen molar-refractivity contribution in [3.63, 3.8) is 0 Å². The molecule has 0 spiro atoms. The molecule has 1 saturated heterocycles. The van der Waals surface area contributed by atoms with Crippen LogP contribution in [-0.4, -0.2) is 62.3 Å². The summed E-state index contributed by atoms with van der Waals surface area (Å²) in [5, 5.41) is 14.1. The zero-order valence-electron chi connectivity index (χ0n) is 19.8. The third-order valence-corrected chi connectivity index (χ3v) is 5.93. The van der Waals surface area contributed by atoms with Gasteiger partial charge in [-0.1, -0.05) is 24.3 Å². The third-order valence-electron chi connectivity index (χ3n) is 5.93. The number of aromatic amines is 1. The first-order valence-electron chi connectivity index (χ1n) is 11.8. The minimum Gasteiger partial charge on any atom is -0.378 e. The van der Waals surface area contributed by atoms with Gasteiger partial charge in [-0.05, 0) is 36.4 Å². The lowest BCUT2D eigenvalue weighted by Gasteiger charge is -2.27. The molecule has 6 rings (SSSR count). The molecule has 0 atom stereocenters. The van der Waals surface area contributed by atoms with Gasteiger partial charge in [-0.25, -0.2) is 4.98 Å². The highest BCUT2D eigenvalue weighted by Crippen LogP contribution is 2.28. The molecule has 2 aromatic carbocycles. The summed E-state index contributed by atoms with van der Waals surface area (Å²) in [7, 11) is 0.